The van der Waals surface area contributed by atoms with Crippen molar-refractivity contribution in [3.63, 3.8) is 0 Å². The number of nitrogens with one attached hydrogen (secondary N) is 1. The monoisotopic (exact) mass is 270 g/mol. The summed E-state index contributed by atoms with van der Waals surface area (Å²) in [6, 6.07) is 9.47. The van der Waals surface area contributed by atoms with E-state index >= 15 is 0 Å². The van der Waals surface area contributed by atoms with Crippen LogP contribution in [0.5, 0.6) is 0 Å². The van der Waals surface area contributed by atoms with Crippen LogP contribution in [0.3, 0.4) is 0 Å². The van der Waals surface area contributed by atoms with E-state index in [9.17, 15) is 4.79 Å². The summed E-state index contributed by atoms with van der Waals surface area (Å²) < 4.78 is 5.12. The molecule has 0 unspecified atom stereocenters. The van der Waals surface area contributed by atoms with Crippen molar-refractivity contribution in [3.05, 3.63) is 47.0 Å². The number of ether oxygens (including phenoxy) is 1. The number of amides is 1. The van der Waals surface area contributed by atoms with E-state index in [0.29, 0.717) is 17.8 Å². The molecule has 1 aliphatic carbocycles. The van der Waals surface area contributed by atoms with E-state index in [0.717, 1.165) is 17.6 Å². The van der Waals surface area contributed by atoms with Crippen LogP contribution in [0.25, 0.3) is 0 Å². The number of carbonyl (C=O) groups is 1. The van der Waals surface area contributed by atoms with E-state index in [-0.39, 0.29) is 6.61 Å². The first-order chi connectivity index (χ1) is 9.58. The molecule has 1 aliphatic rings. The van der Waals surface area contributed by atoms with Crippen molar-refractivity contribution < 1.29 is 9.53 Å². The highest BCUT2D eigenvalue weighted by Crippen LogP contribution is 2.20. The molecule has 0 saturated carbocycles. The average Bonchev–Trinajstić information content (AvgIpc) is 2.46. The Bertz CT molecular complexity index is 586. The first-order valence-corrected chi connectivity index (χ1v) is 6.62. The summed E-state index contributed by atoms with van der Waals surface area (Å²) in [5.74, 6) is 0. The summed E-state index contributed by atoms with van der Waals surface area (Å²) in [6.45, 7) is 4.10. The number of benzene rings is 1. The summed E-state index contributed by atoms with van der Waals surface area (Å²) in [7, 11) is 0. The second-order valence-electron chi connectivity index (χ2n) is 4.88. The fraction of sp³-hybridized carbons (Fsp3) is 0.312. The fourth-order valence-corrected chi connectivity index (χ4v) is 2.04. The van der Waals surface area contributed by atoms with Gasteiger partial charge in [0.25, 0.3) is 0 Å². The molecule has 0 fully saturated rings. The van der Waals surface area contributed by atoms with Gasteiger partial charge in [0.05, 0.1) is 11.4 Å². The molecule has 1 N–H and O–H groups in total. The van der Waals surface area contributed by atoms with Gasteiger partial charge in [0.1, 0.15) is 6.61 Å². The predicted octanol–water partition coefficient (Wildman–Crippen LogP) is 3.91. The lowest BCUT2D eigenvalue weighted by molar-refractivity contribution is 0.151. The molecule has 0 radical (unpaired) electrons. The fourth-order valence-electron chi connectivity index (χ4n) is 2.04. The molecule has 4 heteroatoms. The molecule has 2 rings (SSSR count). The smallest absolute Gasteiger partial charge is 0.434 e. The molecule has 0 bridgehead atoms. The number of hydrogen-bond acceptors (Lipinski definition) is 3. The Morgan fingerprint density at radius 1 is 1.25 bits per heavy atom. The van der Waals surface area contributed by atoms with Crippen molar-refractivity contribution in [1.29, 1.82) is 5.41 Å². The average molecular weight is 270 g/mol. The molecule has 104 valence electrons. The quantitative estimate of drug-likeness (QED) is 0.885. The van der Waals surface area contributed by atoms with Crippen LogP contribution in [-0.4, -0.2) is 17.5 Å². The largest absolute Gasteiger partial charge is 0.443 e. The highest BCUT2D eigenvalue weighted by Gasteiger charge is 2.19. The lowest BCUT2D eigenvalue weighted by atomic mass is 9.90. The zero-order valence-corrected chi connectivity index (χ0v) is 11.8. The SMILES string of the molecule is CC1=C(C)/C(=N\C(=O)OCc2ccccc2)C(=N)CC1. The first-order valence-electron chi connectivity index (χ1n) is 6.62. The maximum atomic E-state index is 11.8. The normalized spacial score (nSPS) is 17.5. The van der Waals surface area contributed by atoms with E-state index < -0.39 is 6.09 Å². The van der Waals surface area contributed by atoms with Crippen molar-refractivity contribution in [2.45, 2.75) is 33.3 Å². The van der Waals surface area contributed by atoms with Gasteiger partial charge in [0.2, 0.25) is 0 Å². The molecule has 1 aromatic carbocycles. The lowest BCUT2D eigenvalue weighted by Gasteiger charge is -2.17. The Morgan fingerprint density at radius 2 is 1.95 bits per heavy atom. The third kappa shape index (κ3) is 3.41. The molecular weight excluding hydrogens is 252 g/mol. The second-order valence-corrected chi connectivity index (χ2v) is 4.88. The van der Waals surface area contributed by atoms with Gasteiger partial charge in [0.15, 0.2) is 0 Å². The minimum atomic E-state index is -0.636. The summed E-state index contributed by atoms with van der Waals surface area (Å²) in [4.78, 5) is 15.7. The van der Waals surface area contributed by atoms with Crippen LogP contribution < -0.4 is 0 Å². The molecular formula is C16H18N2O2. The molecule has 0 heterocycles. The van der Waals surface area contributed by atoms with Crippen molar-refractivity contribution in [3.8, 4) is 0 Å². The van der Waals surface area contributed by atoms with Crippen LogP contribution >= 0.6 is 0 Å². The summed E-state index contributed by atoms with van der Waals surface area (Å²) in [6.07, 6.45) is 0.860. The van der Waals surface area contributed by atoms with Gasteiger partial charge in [0, 0.05) is 0 Å². The number of rotatable bonds is 2. The standard InChI is InChI=1S/C16H18N2O2/c1-11-8-9-14(17)15(12(11)2)18-16(19)20-10-13-6-4-3-5-7-13/h3-7,17H,8-10H2,1-2H3/b17-14?,18-15+. The minimum absolute atomic E-state index is 0.200. The van der Waals surface area contributed by atoms with Crippen molar-refractivity contribution >= 4 is 17.5 Å². The van der Waals surface area contributed by atoms with Gasteiger partial charge in [-0.2, -0.15) is 4.99 Å². The minimum Gasteiger partial charge on any atom is -0.443 e. The van der Waals surface area contributed by atoms with Crippen LogP contribution in [0.15, 0.2) is 46.5 Å². The predicted molar refractivity (Wildman–Crippen MR) is 79.4 cm³/mol. The molecule has 1 aromatic rings. The third-order valence-corrected chi connectivity index (χ3v) is 3.44. The first kappa shape index (κ1) is 14.2. The van der Waals surface area contributed by atoms with Crippen LogP contribution in [-0.2, 0) is 11.3 Å². The highest BCUT2D eigenvalue weighted by molar-refractivity contribution is 6.49. The number of nitrogens with zero attached hydrogens (tertiary/aromatic N) is 1. The molecule has 20 heavy (non-hydrogen) atoms. The van der Waals surface area contributed by atoms with Gasteiger partial charge in [-0.1, -0.05) is 35.9 Å². The second kappa shape index (κ2) is 6.28. The number of hydrogen-bond donors (Lipinski definition) is 1. The maximum Gasteiger partial charge on any atom is 0.434 e. The molecule has 1 amide bonds. The summed E-state index contributed by atoms with van der Waals surface area (Å²) >= 11 is 0. The maximum absolute atomic E-state index is 11.8. The Labute approximate surface area is 118 Å². The van der Waals surface area contributed by atoms with Gasteiger partial charge in [-0.05, 0) is 37.8 Å². The Kier molecular flexibility index (Phi) is 4.45. The zero-order chi connectivity index (χ0) is 14.5. The zero-order valence-electron chi connectivity index (χ0n) is 11.8. The molecule has 0 aliphatic heterocycles. The van der Waals surface area contributed by atoms with Crippen molar-refractivity contribution in [2.24, 2.45) is 4.99 Å². The molecule has 0 spiro atoms. The van der Waals surface area contributed by atoms with Gasteiger partial charge in [-0.25, -0.2) is 4.79 Å². The summed E-state index contributed by atoms with van der Waals surface area (Å²) in [5, 5.41) is 7.88. The van der Waals surface area contributed by atoms with Gasteiger partial charge in [-0.15, -0.1) is 0 Å². The van der Waals surface area contributed by atoms with Gasteiger partial charge in [-0.3, -0.25) is 0 Å². The van der Waals surface area contributed by atoms with E-state index in [1.54, 1.807) is 0 Å². The van der Waals surface area contributed by atoms with Crippen LogP contribution in [0, 0.1) is 5.41 Å². The van der Waals surface area contributed by atoms with Crippen LogP contribution in [0.1, 0.15) is 32.3 Å². The Morgan fingerprint density at radius 3 is 2.65 bits per heavy atom. The van der Waals surface area contributed by atoms with E-state index in [1.165, 1.54) is 5.57 Å². The molecule has 0 saturated heterocycles. The van der Waals surface area contributed by atoms with E-state index in [4.69, 9.17) is 10.1 Å². The van der Waals surface area contributed by atoms with Gasteiger partial charge < -0.3 is 10.1 Å². The van der Waals surface area contributed by atoms with Crippen LogP contribution in [0.2, 0.25) is 0 Å². The topological polar surface area (TPSA) is 62.5 Å². The Balaban J connectivity index is 2.04. The lowest BCUT2D eigenvalue weighted by Crippen LogP contribution is -2.22. The number of aliphatic imine (C=N–C) groups is 1. The highest BCUT2D eigenvalue weighted by atomic mass is 16.5. The van der Waals surface area contributed by atoms with Gasteiger partial charge >= 0.3 is 6.09 Å². The van der Waals surface area contributed by atoms with E-state index in [2.05, 4.69) is 4.99 Å². The third-order valence-electron chi connectivity index (χ3n) is 3.44. The summed E-state index contributed by atoms with van der Waals surface area (Å²) in [5.41, 5.74) is 3.88. The van der Waals surface area contributed by atoms with Crippen molar-refractivity contribution in [1.82, 2.24) is 0 Å². The van der Waals surface area contributed by atoms with E-state index in [1.807, 2.05) is 44.2 Å². The number of carbonyl (C=O) groups excluding carboxylic acids is 1. The Hall–Kier alpha value is -2.23. The van der Waals surface area contributed by atoms with Crippen LogP contribution in [0.4, 0.5) is 4.79 Å². The molecule has 0 atom stereocenters. The molecule has 0 aromatic heterocycles. The number of allylic oxidation sites excluding steroid dienone is 2. The van der Waals surface area contributed by atoms with Crippen molar-refractivity contribution in [2.75, 3.05) is 0 Å². The molecule has 4 nitrogen and oxygen atoms in total.